The zero-order valence-corrected chi connectivity index (χ0v) is 21.3. The van der Waals surface area contributed by atoms with Gasteiger partial charge in [0.15, 0.2) is 0 Å². The van der Waals surface area contributed by atoms with Gasteiger partial charge in [0.25, 0.3) is 0 Å². The Hall–Kier alpha value is -2.48. The van der Waals surface area contributed by atoms with Gasteiger partial charge in [-0.2, -0.15) is 0 Å². The first kappa shape index (κ1) is 26.1. The number of carbonyl (C=O) groups is 2. The summed E-state index contributed by atoms with van der Waals surface area (Å²) in [6.07, 6.45) is 1.23. The first-order valence-electron chi connectivity index (χ1n) is 10.7. The molecule has 0 bridgehead atoms. The van der Waals surface area contributed by atoms with Crippen LogP contribution in [0.2, 0.25) is 0 Å². The fraction of sp³-hybridized carbons (Fsp3) is 0.318. The SMILES string of the molecule is N=C(N)c1ccc(C([AsH]N[C@H](Cc2ccccc2)C(=O)N2CCC[C@H]2C(=O)O)P(=O)(O)O)cc1. The zero-order valence-electron chi connectivity index (χ0n) is 18.3. The van der Waals surface area contributed by atoms with Gasteiger partial charge in [0.1, 0.15) is 0 Å². The van der Waals surface area contributed by atoms with Crippen molar-refractivity contribution in [3.8, 4) is 0 Å². The van der Waals surface area contributed by atoms with Gasteiger partial charge in [0, 0.05) is 0 Å². The van der Waals surface area contributed by atoms with Gasteiger partial charge in [-0.3, -0.25) is 0 Å². The summed E-state index contributed by atoms with van der Waals surface area (Å²) in [6.45, 7) is 0.331. The normalized spacial score (nSPS) is 18.2. The van der Waals surface area contributed by atoms with Gasteiger partial charge in [-0.25, -0.2) is 0 Å². The number of amides is 1. The molecule has 7 N–H and O–H groups in total. The topological polar surface area (TPSA) is 177 Å². The molecule has 10 nitrogen and oxygen atoms in total. The second kappa shape index (κ2) is 11.3. The number of carboxylic acid groups (broad SMARTS) is 1. The van der Waals surface area contributed by atoms with Crippen LogP contribution in [0.4, 0.5) is 0 Å². The van der Waals surface area contributed by atoms with Gasteiger partial charge in [0.05, 0.1) is 0 Å². The number of aliphatic carboxylic acids is 1. The van der Waals surface area contributed by atoms with Crippen molar-refractivity contribution in [2.24, 2.45) is 5.73 Å². The molecule has 3 rings (SSSR count). The van der Waals surface area contributed by atoms with Crippen LogP contribution < -0.4 is 9.97 Å². The van der Waals surface area contributed by atoms with E-state index in [1.807, 2.05) is 30.3 Å². The zero-order chi connectivity index (χ0) is 24.9. The van der Waals surface area contributed by atoms with Gasteiger partial charge >= 0.3 is 204 Å². The van der Waals surface area contributed by atoms with Gasteiger partial charge in [-0.1, -0.05) is 0 Å². The van der Waals surface area contributed by atoms with Crippen LogP contribution in [0.3, 0.4) is 0 Å². The summed E-state index contributed by atoms with van der Waals surface area (Å²) in [6, 6.07) is 13.6. The van der Waals surface area contributed by atoms with Crippen LogP contribution >= 0.6 is 7.60 Å². The van der Waals surface area contributed by atoms with Crippen molar-refractivity contribution in [1.82, 2.24) is 9.13 Å². The van der Waals surface area contributed by atoms with Crippen LogP contribution in [0.1, 0.15) is 34.0 Å². The third-order valence-corrected chi connectivity index (χ3v) is 11.8. The molecule has 1 fully saturated rings. The predicted molar refractivity (Wildman–Crippen MR) is 129 cm³/mol. The number of nitrogens with two attached hydrogens (primary N) is 1. The Morgan fingerprint density at radius 1 is 1.18 bits per heavy atom. The fourth-order valence-corrected chi connectivity index (χ4v) is 8.08. The number of likely N-dealkylation sites (tertiary alicyclic amines) is 1. The van der Waals surface area contributed by atoms with E-state index in [2.05, 4.69) is 4.23 Å². The van der Waals surface area contributed by atoms with Crippen molar-refractivity contribution in [3.63, 3.8) is 0 Å². The second-order valence-electron chi connectivity index (χ2n) is 8.09. The van der Waals surface area contributed by atoms with E-state index in [0.29, 0.717) is 30.5 Å². The van der Waals surface area contributed by atoms with Crippen molar-refractivity contribution < 1.29 is 29.0 Å². The standard InChI is InChI=1S/C22H28AsN4O6P/c24-20(25)16-10-8-15(9-11-16)19(34(31,32)33)23-26-17(13-14-5-2-1-3-6-14)21(28)27-12-4-7-18(27)22(29)30/h1-3,5-6,8-11,17-19,23,26H,4,7,12-13H2,(H3,24,25)(H,29,30)(H2,31,32,33)/t17-,18+,19?/m1/s1. The molecule has 1 aliphatic heterocycles. The number of rotatable bonds is 10. The summed E-state index contributed by atoms with van der Waals surface area (Å²) in [5, 5.41) is 17.0. The Labute approximate surface area is 204 Å². The van der Waals surface area contributed by atoms with E-state index in [1.54, 1.807) is 0 Å². The van der Waals surface area contributed by atoms with Crippen LogP contribution in [0.25, 0.3) is 0 Å². The molecule has 1 amide bonds. The molecule has 34 heavy (non-hydrogen) atoms. The van der Waals surface area contributed by atoms with Crippen LogP contribution in [-0.4, -0.2) is 72.1 Å². The Morgan fingerprint density at radius 2 is 1.82 bits per heavy atom. The second-order valence-corrected chi connectivity index (χ2v) is 13.2. The molecule has 1 saturated heterocycles. The summed E-state index contributed by atoms with van der Waals surface area (Å²) in [5.41, 5.74) is 7.14. The minimum absolute atomic E-state index is 0.152. The number of nitrogens with one attached hydrogen (secondary N) is 2. The first-order chi connectivity index (χ1) is 16.1. The number of hydrogen-bond donors (Lipinski definition) is 6. The molecular weight excluding hydrogens is 522 g/mol. The summed E-state index contributed by atoms with van der Waals surface area (Å²) >= 11 is -1.61. The number of benzene rings is 2. The molecule has 12 heteroatoms. The van der Waals surface area contributed by atoms with E-state index in [1.165, 1.54) is 29.2 Å². The van der Waals surface area contributed by atoms with Crippen LogP contribution in [0.5, 0.6) is 0 Å². The summed E-state index contributed by atoms with van der Waals surface area (Å²) in [4.78, 5) is 46.4. The molecule has 0 spiro atoms. The van der Waals surface area contributed by atoms with Crippen molar-refractivity contribution in [3.05, 3.63) is 71.3 Å². The molecule has 2 aromatic rings. The number of nitrogen functional groups attached to an aromatic ring is 1. The molecule has 2 aromatic carbocycles. The fourth-order valence-electron chi connectivity index (χ4n) is 3.92. The molecule has 2 unspecified atom stereocenters. The molecule has 182 valence electrons. The first-order valence-corrected chi connectivity index (χ1v) is 14.6. The van der Waals surface area contributed by atoms with Crippen LogP contribution in [0, 0.1) is 5.41 Å². The van der Waals surface area contributed by atoms with Gasteiger partial charge in [-0.15, -0.1) is 0 Å². The number of hydrogen-bond acceptors (Lipinski definition) is 5. The monoisotopic (exact) mass is 550 g/mol. The molecule has 0 radical (unpaired) electrons. The number of carboxylic acids is 1. The van der Waals surface area contributed by atoms with E-state index in [4.69, 9.17) is 11.1 Å². The molecule has 1 aliphatic rings. The van der Waals surface area contributed by atoms with E-state index in [-0.39, 0.29) is 18.2 Å². The summed E-state index contributed by atoms with van der Waals surface area (Å²) in [5.74, 6) is -1.59. The van der Waals surface area contributed by atoms with Crippen molar-refractivity contribution in [1.29, 1.82) is 5.41 Å². The molecule has 0 aliphatic carbocycles. The predicted octanol–water partition coefficient (Wildman–Crippen LogP) is 0.775. The summed E-state index contributed by atoms with van der Waals surface area (Å²) in [7, 11) is -4.57. The van der Waals surface area contributed by atoms with Crippen LogP contribution in [0.15, 0.2) is 54.6 Å². The molecular formula is C22H28AsN4O6P. The van der Waals surface area contributed by atoms with Gasteiger partial charge in [-0.05, 0) is 0 Å². The van der Waals surface area contributed by atoms with Crippen LogP contribution in [-0.2, 0) is 20.6 Å². The Balaban J connectivity index is 1.84. The van der Waals surface area contributed by atoms with Gasteiger partial charge in [0.2, 0.25) is 0 Å². The summed E-state index contributed by atoms with van der Waals surface area (Å²) < 4.78 is 14.3. The Kier molecular flexibility index (Phi) is 8.68. The number of nitrogens with zero attached hydrogens (tertiary/aromatic N) is 1. The molecule has 1 heterocycles. The van der Waals surface area contributed by atoms with Crippen molar-refractivity contribution in [2.75, 3.05) is 6.54 Å². The molecule has 4 atom stereocenters. The number of carbonyl (C=O) groups excluding carboxylic acids is 1. The third-order valence-electron chi connectivity index (χ3n) is 5.67. The Morgan fingerprint density at radius 3 is 2.38 bits per heavy atom. The van der Waals surface area contributed by atoms with E-state index in [9.17, 15) is 29.0 Å². The quantitative estimate of drug-likeness (QED) is 0.109. The van der Waals surface area contributed by atoms with E-state index in [0.717, 1.165) is 5.56 Å². The van der Waals surface area contributed by atoms with E-state index >= 15 is 0 Å². The Bertz CT molecular complexity index is 1080. The van der Waals surface area contributed by atoms with E-state index < -0.39 is 46.1 Å². The third kappa shape index (κ3) is 6.55. The average molecular weight is 550 g/mol. The minimum atomic E-state index is -4.57. The average Bonchev–Trinajstić information content (AvgIpc) is 3.28. The molecule has 0 saturated carbocycles. The maximum absolute atomic E-state index is 13.4. The number of amidine groups is 1. The van der Waals surface area contributed by atoms with Gasteiger partial charge < -0.3 is 0 Å². The maximum atomic E-state index is 13.4. The van der Waals surface area contributed by atoms with Crippen molar-refractivity contribution >= 4 is 41.3 Å². The van der Waals surface area contributed by atoms with Crippen molar-refractivity contribution in [2.45, 2.75) is 35.8 Å². The molecule has 0 aromatic heterocycles.